The molecule has 0 N–H and O–H groups in total. The van der Waals surface area contributed by atoms with Crippen LogP contribution in [0, 0.1) is 0 Å². The molecule has 11 rings (SSSR count). The van der Waals surface area contributed by atoms with Gasteiger partial charge < -0.3 is 8.83 Å². The summed E-state index contributed by atoms with van der Waals surface area (Å²) in [6, 6.07) is 60.4. The third-order valence-corrected chi connectivity index (χ3v) is 10.3. The van der Waals surface area contributed by atoms with E-state index < -0.39 is 0 Å². The molecular formula is C49H29N3O2. The molecule has 0 aliphatic carbocycles. The summed E-state index contributed by atoms with van der Waals surface area (Å²) in [4.78, 5) is 15.5. The van der Waals surface area contributed by atoms with Gasteiger partial charge in [0.25, 0.3) is 0 Å². The molecule has 5 heteroatoms. The summed E-state index contributed by atoms with van der Waals surface area (Å²) in [5.74, 6) is 1.76. The third kappa shape index (κ3) is 4.98. The number of benzene rings is 8. The van der Waals surface area contributed by atoms with Crippen LogP contribution < -0.4 is 0 Å². The number of hydrogen-bond donors (Lipinski definition) is 0. The number of rotatable bonds is 5. The Bertz CT molecular complexity index is 3200. The van der Waals surface area contributed by atoms with E-state index >= 15 is 0 Å². The normalized spacial score (nSPS) is 11.7. The lowest BCUT2D eigenvalue weighted by Crippen LogP contribution is -2.00. The van der Waals surface area contributed by atoms with Crippen LogP contribution in [0.3, 0.4) is 0 Å². The first-order valence-corrected chi connectivity index (χ1v) is 18.0. The summed E-state index contributed by atoms with van der Waals surface area (Å²) >= 11 is 0. The van der Waals surface area contributed by atoms with E-state index in [0.717, 1.165) is 93.6 Å². The van der Waals surface area contributed by atoms with E-state index in [2.05, 4.69) is 133 Å². The standard InChI is InChI=1S/C49H29N3O2/c1-3-11-30(12-4-1)31-21-23-33(24-22-31)47-50-48(35-26-25-34-28-41-38-15-7-8-19-42(38)53-44(41)29-36(34)27-35)52-49(51-47)40-18-10-20-43-45(40)39-17-9-16-37(46(39)54-43)32-13-5-2-6-14-32/h1-29H. The van der Waals surface area contributed by atoms with E-state index in [0.29, 0.717) is 17.5 Å². The molecule has 11 aromatic rings. The van der Waals surface area contributed by atoms with Crippen molar-refractivity contribution in [3.05, 3.63) is 176 Å². The van der Waals surface area contributed by atoms with Gasteiger partial charge in [-0.25, -0.2) is 15.0 Å². The fraction of sp³-hybridized carbons (Fsp3) is 0. The summed E-state index contributed by atoms with van der Waals surface area (Å²) in [5.41, 5.74) is 10.4. The Morgan fingerprint density at radius 1 is 0.315 bits per heavy atom. The summed E-state index contributed by atoms with van der Waals surface area (Å²) in [6.07, 6.45) is 0. The minimum absolute atomic E-state index is 0.577. The topological polar surface area (TPSA) is 65.0 Å². The van der Waals surface area contributed by atoms with Gasteiger partial charge in [-0.3, -0.25) is 0 Å². The fourth-order valence-corrected chi connectivity index (χ4v) is 7.68. The van der Waals surface area contributed by atoms with Crippen LogP contribution in [0.25, 0.3) is 111 Å². The molecule has 0 fully saturated rings. The van der Waals surface area contributed by atoms with E-state index in [4.69, 9.17) is 23.8 Å². The van der Waals surface area contributed by atoms with Crippen molar-refractivity contribution in [2.24, 2.45) is 0 Å². The quantitative estimate of drug-likeness (QED) is 0.180. The molecule has 0 bridgehead atoms. The fourth-order valence-electron chi connectivity index (χ4n) is 7.68. The third-order valence-electron chi connectivity index (χ3n) is 10.3. The lowest BCUT2D eigenvalue weighted by atomic mass is 10.0. The molecule has 0 unspecified atom stereocenters. The molecule has 5 nitrogen and oxygen atoms in total. The molecule has 252 valence electrons. The van der Waals surface area contributed by atoms with Gasteiger partial charge in [-0.1, -0.05) is 146 Å². The predicted molar refractivity (Wildman–Crippen MR) is 219 cm³/mol. The Labute approximate surface area is 309 Å². The molecule has 54 heavy (non-hydrogen) atoms. The molecule has 0 aliphatic rings. The number of nitrogens with zero attached hydrogens (tertiary/aromatic N) is 3. The van der Waals surface area contributed by atoms with Gasteiger partial charge >= 0.3 is 0 Å². The maximum atomic E-state index is 6.61. The van der Waals surface area contributed by atoms with Crippen LogP contribution >= 0.6 is 0 Å². The minimum Gasteiger partial charge on any atom is -0.456 e. The minimum atomic E-state index is 0.577. The van der Waals surface area contributed by atoms with Crippen molar-refractivity contribution in [1.82, 2.24) is 15.0 Å². The Morgan fingerprint density at radius 3 is 1.76 bits per heavy atom. The van der Waals surface area contributed by atoms with Gasteiger partial charge in [0.05, 0.1) is 0 Å². The highest BCUT2D eigenvalue weighted by Gasteiger charge is 2.20. The summed E-state index contributed by atoms with van der Waals surface area (Å²) in [6.45, 7) is 0. The summed E-state index contributed by atoms with van der Waals surface area (Å²) in [5, 5.41) is 6.36. The second kappa shape index (κ2) is 12.1. The summed E-state index contributed by atoms with van der Waals surface area (Å²) in [7, 11) is 0. The highest BCUT2D eigenvalue weighted by Crippen LogP contribution is 2.41. The number of para-hydroxylation sites is 2. The largest absolute Gasteiger partial charge is 0.456 e. The Hall–Kier alpha value is -7.37. The first kappa shape index (κ1) is 30.3. The molecule has 3 heterocycles. The number of hydrogen-bond acceptors (Lipinski definition) is 5. The zero-order valence-electron chi connectivity index (χ0n) is 28.9. The van der Waals surface area contributed by atoms with Crippen LogP contribution in [0.1, 0.15) is 0 Å². The van der Waals surface area contributed by atoms with Gasteiger partial charge in [-0.05, 0) is 57.8 Å². The van der Waals surface area contributed by atoms with Crippen molar-refractivity contribution in [1.29, 1.82) is 0 Å². The van der Waals surface area contributed by atoms with E-state index in [-0.39, 0.29) is 0 Å². The first-order valence-electron chi connectivity index (χ1n) is 18.0. The maximum Gasteiger partial charge on any atom is 0.164 e. The van der Waals surface area contributed by atoms with Gasteiger partial charge in [0.1, 0.15) is 22.3 Å². The average molecular weight is 692 g/mol. The molecule has 0 radical (unpaired) electrons. The maximum absolute atomic E-state index is 6.61. The molecular weight excluding hydrogens is 663 g/mol. The highest BCUT2D eigenvalue weighted by molar-refractivity contribution is 6.15. The number of furan rings is 2. The van der Waals surface area contributed by atoms with E-state index in [9.17, 15) is 0 Å². The monoisotopic (exact) mass is 691 g/mol. The van der Waals surface area contributed by atoms with E-state index in [1.807, 2.05) is 42.5 Å². The molecule has 0 aliphatic heterocycles. The molecule has 0 spiro atoms. The van der Waals surface area contributed by atoms with Crippen LogP contribution in [-0.2, 0) is 0 Å². The van der Waals surface area contributed by atoms with Crippen LogP contribution in [0.2, 0.25) is 0 Å². The van der Waals surface area contributed by atoms with Gasteiger partial charge in [0.15, 0.2) is 17.5 Å². The van der Waals surface area contributed by atoms with Crippen molar-refractivity contribution in [3.8, 4) is 56.4 Å². The lowest BCUT2D eigenvalue weighted by Gasteiger charge is -2.10. The van der Waals surface area contributed by atoms with Crippen molar-refractivity contribution >= 4 is 54.6 Å². The summed E-state index contributed by atoms with van der Waals surface area (Å²) < 4.78 is 12.9. The van der Waals surface area contributed by atoms with Gasteiger partial charge in [-0.15, -0.1) is 0 Å². The lowest BCUT2D eigenvalue weighted by molar-refractivity contribution is 0.669. The van der Waals surface area contributed by atoms with Crippen molar-refractivity contribution in [2.45, 2.75) is 0 Å². The van der Waals surface area contributed by atoms with Gasteiger partial charge in [0.2, 0.25) is 0 Å². The second-order valence-electron chi connectivity index (χ2n) is 13.6. The molecule has 0 saturated heterocycles. The first-order chi connectivity index (χ1) is 26.7. The Balaban J connectivity index is 1.11. The Kier molecular flexibility index (Phi) is 6.79. The molecule has 0 amide bonds. The smallest absolute Gasteiger partial charge is 0.164 e. The number of fused-ring (bicyclic) bond motifs is 7. The van der Waals surface area contributed by atoms with Gasteiger partial charge in [0, 0.05) is 43.8 Å². The number of aromatic nitrogens is 3. The van der Waals surface area contributed by atoms with Crippen molar-refractivity contribution in [2.75, 3.05) is 0 Å². The zero-order chi connectivity index (χ0) is 35.6. The van der Waals surface area contributed by atoms with Gasteiger partial charge in [-0.2, -0.15) is 0 Å². The second-order valence-corrected chi connectivity index (χ2v) is 13.6. The SMILES string of the molecule is c1ccc(-c2ccc(-c3nc(-c4ccc5cc6c(cc5c4)oc4ccccc46)nc(-c4cccc5oc6c(-c7ccccc7)cccc6c45)n3)cc2)cc1. The van der Waals surface area contributed by atoms with Crippen LogP contribution in [0.15, 0.2) is 185 Å². The Morgan fingerprint density at radius 2 is 0.926 bits per heavy atom. The molecule has 8 aromatic carbocycles. The van der Waals surface area contributed by atoms with E-state index in [1.165, 1.54) is 0 Å². The molecule has 0 atom stereocenters. The van der Waals surface area contributed by atoms with Crippen LogP contribution in [0.5, 0.6) is 0 Å². The highest BCUT2D eigenvalue weighted by atomic mass is 16.3. The molecule has 0 saturated carbocycles. The van der Waals surface area contributed by atoms with Crippen molar-refractivity contribution < 1.29 is 8.83 Å². The average Bonchev–Trinajstić information content (AvgIpc) is 3.81. The predicted octanol–water partition coefficient (Wildman–Crippen LogP) is 13.2. The van der Waals surface area contributed by atoms with Crippen molar-refractivity contribution in [3.63, 3.8) is 0 Å². The zero-order valence-corrected chi connectivity index (χ0v) is 28.9. The van der Waals surface area contributed by atoms with E-state index in [1.54, 1.807) is 0 Å². The molecule has 3 aromatic heterocycles. The van der Waals surface area contributed by atoms with Crippen LogP contribution in [-0.4, -0.2) is 15.0 Å². The van der Waals surface area contributed by atoms with Crippen LogP contribution in [0.4, 0.5) is 0 Å².